The van der Waals surface area contributed by atoms with E-state index >= 15 is 0 Å². The van der Waals surface area contributed by atoms with Gasteiger partial charge < -0.3 is 24.4 Å². The third-order valence-electron chi connectivity index (χ3n) is 6.77. The molecule has 0 saturated carbocycles. The number of fused-ring (bicyclic) bond motifs is 8. The fraction of sp³-hybridized carbons (Fsp3) is 0.345. The van der Waals surface area contributed by atoms with Crippen LogP contribution in [-0.2, 0) is 22.4 Å². The van der Waals surface area contributed by atoms with Gasteiger partial charge in [-0.1, -0.05) is 18.2 Å². The lowest BCUT2D eigenvalue weighted by molar-refractivity contribution is -0.133. The van der Waals surface area contributed by atoms with Gasteiger partial charge in [-0.05, 0) is 71.8 Å². The third-order valence-corrected chi connectivity index (χ3v) is 6.77. The molecule has 0 fully saturated rings. The summed E-state index contributed by atoms with van der Waals surface area (Å²) in [7, 11) is 1.58. The quantitative estimate of drug-likeness (QED) is 0.589. The van der Waals surface area contributed by atoms with Crippen molar-refractivity contribution in [3.05, 3.63) is 83.2 Å². The predicted molar refractivity (Wildman–Crippen MR) is 138 cm³/mol. The zero-order valence-corrected chi connectivity index (χ0v) is 20.9. The smallest absolute Gasteiger partial charge is 0.257 e. The lowest BCUT2D eigenvalue weighted by Gasteiger charge is -2.38. The molecule has 3 aliphatic heterocycles. The molecule has 0 spiro atoms. The molecule has 37 heavy (non-hydrogen) atoms. The maximum atomic E-state index is 13.6. The van der Waals surface area contributed by atoms with Gasteiger partial charge >= 0.3 is 0 Å². The van der Waals surface area contributed by atoms with Gasteiger partial charge in [0, 0.05) is 31.9 Å². The van der Waals surface area contributed by atoms with E-state index in [0.717, 1.165) is 28.0 Å². The molecular formula is C29H31N3O5. The Labute approximate surface area is 216 Å². The standard InChI is InChI=1S/C29H31N3O5/c1-35-25-17-24-21-10-13-32(28(34)9-8-20-5-3-11-30-18-20)29(24)22-6-2-7-23(15-22)36-14-4-12-31-27(33)19-37-26(25)16-21/h2-3,5-7,11,15-18,29H,4,8-10,12-14,19H2,1H3,(H,31,33). The Balaban J connectivity index is 1.53. The van der Waals surface area contributed by atoms with E-state index in [1.54, 1.807) is 19.5 Å². The van der Waals surface area contributed by atoms with E-state index in [2.05, 4.69) is 10.3 Å². The monoisotopic (exact) mass is 501 g/mol. The summed E-state index contributed by atoms with van der Waals surface area (Å²) in [5.74, 6) is 1.67. The molecule has 1 N–H and O–H groups in total. The number of rotatable bonds is 4. The van der Waals surface area contributed by atoms with Crippen LogP contribution in [0.4, 0.5) is 0 Å². The number of aromatic nitrogens is 1. The number of benzene rings is 2. The minimum atomic E-state index is -0.298. The number of aryl methyl sites for hydroxylation is 1. The van der Waals surface area contributed by atoms with Crippen molar-refractivity contribution < 1.29 is 23.8 Å². The van der Waals surface area contributed by atoms with Gasteiger partial charge in [0.05, 0.1) is 19.8 Å². The Kier molecular flexibility index (Phi) is 7.54. The van der Waals surface area contributed by atoms with Gasteiger partial charge in [-0.3, -0.25) is 14.6 Å². The molecule has 6 rings (SSSR count). The molecule has 6 bridgehead atoms. The van der Waals surface area contributed by atoms with Crippen LogP contribution < -0.4 is 19.5 Å². The summed E-state index contributed by atoms with van der Waals surface area (Å²) in [6, 6.07) is 15.4. The first-order chi connectivity index (χ1) is 18.1. The van der Waals surface area contributed by atoms with Crippen molar-refractivity contribution in [1.29, 1.82) is 0 Å². The number of methoxy groups -OCH3 is 1. The summed E-state index contributed by atoms with van der Waals surface area (Å²) >= 11 is 0. The predicted octanol–water partition coefficient (Wildman–Crippen LogP) is 3.47. The second kappa shape index (κ2) is 11.3. The van der Waals surface area contributed by atoms with Gasteiger partial charge in [-0.25, -0.2) is 0 Å². The van der Waals surface area contributed by atoms with E-state index in [-0.39, 0.29) is 24.5 Å². The van der Waals surface area contributed by atoms with E-state index in [1.165, 1.54) is 0 Å². The van der Waals surface area contributed by atoms with Gasteiger partial charge in [0.2, 0.25) is 5.91 Å². The molecule has 1 aromatic heterocycles. The highest BCUT2D eigenvalue weighted by Crippen LogP contribution is 2.42. The SMILES string of the molecule is COc1cc2c3cc1OCC(=O)NCCCOc1cccc(c1)C2N(C(=O)CCc1cccnc1)CC3. The van der Waals surface area contributed by atoms with Crippen LogP contribution in [-0.4, -0.2) is 55.1 Å². The van der Waals surface area contributed by atoms with Crippen LogP contribution in [0, 0.1) is 0 Å². The van der Waals surface area contributed by atoms with E-state index in [4.69, 9.17) is 14.2 Å². The van der Waals surface area contributed by atoms with E-state index < -0.39 is 0 Å². The molecule has 2 aromatic carbocycles. The van der Waals surface area contributed by atoms with Crippen LogP contribution in [0.5, 0.6) is 17.2 Å². The Morgan fingerprint density at radius 2 is 2.11 bits per heavy atom. The summed E-state index contributed by atoms with van der Waals surface area (Å²) in [5, 5.41) is 2.86. The van der Waals surface area contributed by atoms with Crippen LogP contribution in [0.2, 0.25) is 0 Å². The fourth-order valence-electron chi connectivity index (χ4n) is 4.93. The first-order valence-corrected chi connectivity index (χ1v) is 12.6. The van der Waals surface area contributed by atoms with Crippen molar-refractivity contribution in [2.45, 2.75) is 31.7 Å². The number of carbonyl (C=O) groups excluding carboxylic acids is 2. The molecule has 0 radical (unpaired) electrons. The summed E-state index contributed by atoms with van der Waals surface area (Å²) in [6.45, 7) is 1.43. The minimum absolute atomic E-state index is 0.0798. The van der Waals surface area contributed by atoms with Gasteiger partial charge in [0.15, 0.2) is 18.1 Å². The van der Waals surface area contributed by atoms with Gasteiger partial charge in [0.25, 0.3) is 5.91 Å². The number of ether oxygens (including phenoxy) is 3. The minimum Gasteiger partial charge on any atom is -0.494 e. The molecule has 8 heteroatoms. The van der Waals surface area contributed by atoms with Crippen molar-refractivity contribution in [2.75, 3.05) is 33.4 Å². The Hall–Kier alpha value is -4.07. The maximum Gasteiger partial charge on any atom is 0.257 e. The highest BCUT2D eigenvalue weighted by molar-refractivity contribution is 5.79. The number of pyridine rings is 1. The molecule has 8 nitrogen and oxygen atoms in total. The zero-order chi connectivity index (χ0) is 25.6. The van der Waals surface area contributed by atoms with Gasteiger partial charge in [-0.15, -0.1) is 0 Å². The van der Waals surface area contributed by atoms with Gasteiger partial charge in [0.1, 0.15) is 5.75 Å². The van der Waals surface area contributed by atoms with Crippen molar-refractivity contribution in [3.63, 3.8) is 0 Å². The van der Waals surface area contributed by atoms with Crippen LogP contribution >= 0.6 is 0 Å². The summed E-state index contributed by atoms with van der Waals surface area (Å²) in [4.78, 5) is 32.0. The Bertz CT molecular complexity index is 1260. The number of amides is 2. The molecule has 1 atom stereocenters. The second-order valence-electron chi connectivity index (χ2n) is 9.22. The third kappa shape index (κ3) is 5.69. The largest absolute Gasteiger partial charge is 0.494 e. The van der Waals surface area contributed by atoms with E-state index in [9.17, 15) is 9.59 Å². The highest BCUT2D eigenvalue weighted by Gasteiger charge is 2.33. The molecule has 0 saturated heterocycles. The first kappa shape index (κ1) is 24.6. The maximum absolute atomic E-state index is 13.6. The van der Waals surface area contributed by atoms with E-state index in [1.807, 2.05) is 53.4 Å². The van der Waals surface area contributed by atoms with Gasteiger partial charge in [-0.2, -0.15) is 0 Å². The van der Waals surface area contributed by atoms with Crippen molar-refractivity contribution in [3.8, 4) is 17.2 Å². The summed E-state index contributed by atoms with van der Waals surface area (Å²) in [6.07, 6.45) is 5.90. The molecule has 2 amide bonds. The number of hydrogen-bond acceptors (Lipinski definition) is 6. The molecular weight excluding hydrogens is 470 g/mol. The number of nitrogens with one attached hydrogen (secondary N) is 1. The average molecular weight is 502 g/mol. The summed E-state index contributed by atoms with van der Waals surface area (Å²) in [5.41, 5.74) is 4.06. The molecule has 0 aliphatic carbocycles. The molecule has 192 valence electrons. The number of carbonyl (C=O) groups is 2. The van der Waals surface area contributed by atoms with Crippen molar-refractivity contribution >= 4 is 11.8 Å². The van der Waals surface area contributed by atoms with E-state index in [0.29, 0.717) is 56.9 Å². The number of nitrogens with zero attached hydrogens (tertiary/aromatic N) is 2. The molecule has 4 heterocycles. The van der Waals surface area contributed by atoms with Crippen LogP contribution in [0.25, 0.3) is 0 Å². The van der Waals surface area contributed by atoms with Crippen LogP contribution in [0.1, 0.15) is 41.1 Å². The fourth-order valence-corrected chi connectivity index (χ4v) is 4.93. The molecule has 3 aromatic rings. The Morgan fingerprint density at radius 3 is 2.95 bits per heavy atom. The molecule has 3 aliphatic rings. The zero-order valence-electron chi connectivity index (χ0n) is 20.9. The van der Waals surface area contributed by atoms with Crippen molar-refractivity contribution in [1.82, 2.24) is 15.2 Å². The lowest BCUT2D eigenvalue weighted by atomic mass is 9.87. The first-order valence-electron chi connectivity index (χ1n) is 12.6. The van der Waals surface area contributed by atoms with Crippen LogP contribution in [0.15, 0.2) is 60.9 Å². The van der Waals surface area contributed by atoms with Crippen molar-refractivity contribution in [2.24, 2.45) is 0 Å². The summed E-state index contributed by atoms with van der Waals surface area (Å²) < 4.78 is 17.5. The second-order valence-corrected chi connectivity index (χ2v) is 9.22. The lowest BCUT2D eigenvalue weighted by Crippen LogP contribution is -2.40. The Morgan fingerprint density at radius 1 is 1.19 bits per heavy atom. The van der Waals surface area contributed by atoms with Crippen LogP contribution in [0.3, 0.4) is 0 Å². The normalized spacial score (nSPS) is 17.4. The average Bonchev–Trinajstić information content (AvgIpc) is 2.93. The number of hydrogen-bond donors (Lipinski definition) is 1. The topological polar surface area (TPSA) is 90.0 Å². The molecule has 1 unspecified atom stereocenters. The highest BCUT2D eigenvalue weighted by atomic mass is 16.5.